The fourth-order valence-corrected chi connectivity index (χ4v) is 2.36. The first-order valence-corrected chi connectivity index (χ1v) is 6.40. The third kappa shape index (κ3) is 4.49. The smallest absolute Gasteiger partial charge is 0.0108 e. The highest BCUT2D eigenvalue weighted by molar-refractivity contribution is 4.81. The molecule has 0 aromatic carbocycles. The molecule has 15 heavy (non-hydrogen) atoms. The molecular formula is C12H27N3. The average Bonchev–Trinajstić information content (AvgIpc) is 2.29. The van der Waals surface area contributed by atoms with Crippen LogP contribution in [0.4, 0.5) is 0 Å². The van der Waals surface area contributed by atoms with Gasteiger partial charge in [0.05, 0.1) is 0 Å². The predicted molar refractivity (Wildman–Crippen MR) is 66.0 cm³/mol. The number of nitrogens with two attached hydrogens (primary N) is 1. The van der Waals surface area contributed by atoms with Gasteiger partial charge in [-0.25, -0.2) is 0 Å². The number of nitrogens with one attached hydrogen (secondary N) is 1. The van der Waals surface area contributed by atoms with Gasteiger partial charge in [0, 0.05) is 19.1 Å². The van der Waals surface area contributed by atoms with Crippen molar-refractivity contribution in [2.45, 2.75) is 38.6 Å². The molecule has 2 unspecified atom stereocenters. The van der Waals surface area contributed by atoms with E-state index in [9.17, 15) is 0 Å². The van der Waals surface area contributed by atoms with Gasteiger partial charge < -0.3 is 16.0 Å². The van der Waals surface area contributed by atoms with Gasteiger partial charge in [-0.15, -0.1) is 0 Å². The molecule has 0 amide bonds. The molecule has 0 heterocycles. The maximum absolute atomic E-state index is 5.80. The van der Waals surface area contributed by atoms with E-state index in [1.807, 2.05) is 0 Å². The van der Waals surface area contributed by atoms with Crippen molar-refractivity contribution in [3.05, 3.63) is 0 Å². The second kappa shape index (κ2) is 7.20. The first-order valence-electron chi connectivity index (χ1n) is 6.40. The van der Waals surface area contributed by atoms with Gasteiger partial charge in [-0.05, 0) is 38.9 Å². The van der Waals surface area contributed by atoms with E-state index in [0.29, 0.717) is 12.0 Å². The average molecular weight is 213 g/mol. The van der Waals surface area contributed by atoms with Crippen LogP contribution in [0.3, 0.4) is 0 Å². The Morgan fingerprint density at radius 3 is 2.73 bits per heavy atom. The molecule has 1 fully saturated rings. The molecule has 1 aliphatic carbocycles. The van der Waals surface area contributed by atoms with E-state index in [4.69, 9.17) is 5.73 Å². The Morgan fingerprint density at radius 1 is 1.33 bits per heavy atom. The maximum atomic E-state index is 5.80. The van der Waals surface area contributed by atoms with Crippen molar-refractivity contribution in [2.75, 3.05) is 33.2 Å². The molecule has 0 spiro atoms. The Morgan fingerprint density at radius 2 is 2.07 bits per heavy atom. The summed E-state index contributed by atoms with van der Waals surface area (Å²) in [5.74, 6) is 0.714. The largest absolute Gasteiger partial charge is 0.330 e. The van der Waals surface area contributed by atoms with Crippen LogP contribution in [0, 0.1) is 5.92 Å². The topological polar surface area (TPSA) is 41.3 Å². The summed E-state index contributed by atoms with van der Waals surface area (Å²) in [6.45, 7) is 6.42. The summed E-state index contributed by atoms with van der Waals surface area (Å²) in [6.07, 6.45) is 5.38. The third-order valence-electron chi connectivity index (χ3n) is 3.65. The minimum Gasteiger partial charge on any atom is -0.330 e. The van der Waals surface area contributed by atoms with Gasteiger partial charge >= 0.3 is 0 Å². The monoisotopic (exact) mass is 213 g/mol. The normalized spacial score (nSPS) is 27.2. The molecule has 0 aliphatic heterocycles. The molecule has 0 saturated heterocycles. The van der Waals surface area contributed by atoms with E-state index in [1.54, 1.807) is 0 Å². The molecule has 2 atom stereocenters. The summed E-state index contributed by atoms with van der Waals surface area (Å²) in [7, 11) is 2.17. The number of hydrogen-bond acceptors (Lipinski definition) is 3. The zero-order valence-electron chi connectivity index (χ0n) is 10.3. The first-order chi connectivity index (χ1) is 7.27. The fraction of sp³-hybridized carbons (Fsp3) is 1.00. The lowest BCUT2D eigenvalue weighted by atomic mass is 9.84. The van der Waals surface area contributed by atoms with Gasteiger partial charge in [0.2, 0.25) is 0 Å². The predicted octanol–water partition coefficient (Wildman–Crippen LogP) is 1.05. The minimum absolute atomic E-state index is 0.675. The fourth-order valence-electron chi connectivity index (χ4n) is 2.36. The number of likely N-dealkylation sites (N-methyl/N-ethyl adjacent to an activating group) is 1. The third-order valence-corrected chi connectivity index (χ3v) is 3.65. The van der Waals surface area contributed by atoms with Crippen LogP contribution in [0.2, 0.25) is 0 Å². The Balaban J connectivity index is 2.17. The van der Waals surface area contributed by atoms with E-state index in [2.05, 4.69) is 24.2 Å². The summed E-state index contributed by atoms with van der Waals surface area (Å²) in [6, 6.07) is 0.675. The van der Waals surface area contributed by atoms with E-state index in [1.165, 1.54) is 25.7 Å². The van der Waals surface area contributed by atoms with Crippen LogP contribution in [0.1, 0.15) is 32.6 Å². The van der Waals surface area contributed by atoms with Crippen LogP contribution in [0.15, 0.2) is 0 Å². The Bertz CT molecular complexity index is 161. The molecule has 3 N–H and O–H groups in total. The van der Waals surface area contributed by atoms with Crippen LogP contribution in [0.5, 0.6) is 0 Å². The van der Waals surface area contributed by atoms with Gasteiger partial charge in [0.1, 0.15) is 0 Å². The Labute approximate surface area is 94.4 Å². The summed E-state index contributed by atoms with van der Waals surface area (Å²) >= 11 is 0. The molecule has 0 aromatic rings. The van der Waals surface area contributed by atoms with Crippen molar-refractivity contribution in [1.82, 2.24) is 10.2 Å². The second-order valence-electron chi connectivity index (χ2n) is 4.74. The molecule has 1 rings (SSSR count). The minimum atomic E-state index is 0.675. The summed E-state index contributed by atoms with van der Waals surface area (Å²) < 4.78 is 0. The van der Waals surface area contributed by atoms with Crippen LogP contribution in [-0.2, 0) is 0 Å². The van der Waals surface area contributed by atoms with Gasteiger partial charge in [-0.2, -0.15) is 0 Å². The Hall–Kier alpha value is -0.120. The van der Waals surface area contributed by atoms with Gasteiger partial charge in [-0.1, -0.05) is 19.8 Å². The zero-order chi connectivity index (χ0) is 11.1. The maximum Gasteiger partial charge on any atom is 0.0108 e. The molecule has 3 nitrogen and oxygen atoms in total. The van der Waals surface area contributed by atoms with Crippen LogP contribution in [0.25, 0.3) is 0 Å². The van der Waals surface area contributed by atoms with Crippen LogP contribution in [-0.4, -0.2) is 44.2 Å². The highest BCUT2D eigenvalue weighted by Crippen LogP contribution is 2.23. The first kappa shape index (κ1) is 12.9. The summed E-state index contributed by atoms with van der Waals surface area (Å²) in [4.78, 5) is 2.34. The molecule has 0 radical (unpaired) electrons. The lowest BCUT2D eigenvalue weighted by Crippen LogP contribution is -2.44. The number of hydrogen-bond donors (Lipinski definition) is 2. The second-order valence-corrected chi connectivity index (χ2v) is 4.74. The van der Waals surface area contributed by atoms with Crippen molar-refractivity contribution >= 4 is 0 Å². The molecular weight excluding hydrogens is 186 g/mol. The van der Waals surface area contributed by atoms with Gasteiger partial charge in [0.15, 0.2) is 0 Å². The highest BCUT2D eigenvalue weighted by atomic mass is 15.1. The van der Waals surface area contributed by atoms with E-state index in [-0.39, 0.29) is 0 Å². The van der Waals surface area contributed by atoms with E-state index >= 15 is 0 Å². The van der Waals surface area contributed by atoms with Crippen LogP contribution < -0.4 is 11.1 Å². The summed E-state index contributed by atoms with van der Waals surface area (Å²) in [5.41, 5.74) is 5.80. The van der Waals surface area contributed by atoms with Crippen molar-refractivity contribution in [2.24, 2.45) is 11.7 Å². The Kier molecular flexibility index (Phi) is 6.22. The highest BCUT2D eigenvalue weighted by Gasteiger charge is 2.22. The van der Waals surface area contributed by atoms with Crippen LogP contribution >= 0.6 is 0 Å². The molecule has 3 heteroatoms. The van der Waals surface area contributed by atoms with E-state index < -0.39 is 0 Å². The summed E-state index contributed by atoms with van der Waals surface area (Å²) in [5, 5.41) is 3.67. The molecule has 1 saturated carbocycles. The lowest BCUT2D eigenvalue weighted by molar-refractivity contribution is 0.254. The number of rotatable bonds is 6. The SMILES string of the molecule is CCN(C)CCNC1CCCCC1CN. The quantitative estimate of drug-likeness (QED) is 0.693. The molecule has 90 valence electrons. The number of nitrogens with zero attached hydrogens (tertiary/aromatic N) is 1. The van der Waals surface area contributed by atoms with Gasteiger partial charge in [0.25, 0.3) is 0 Å². The van der Waals surface area contributed by atoms with Crippen molar-refractivity contribution in [3.63, 3.8) is 0 Å². The molecule has 0 aromatic heterocycles. The lowest BCUT2D eigenvalue weighted by Gasteiger charge is -2.32. The standard InChI is InChI=1S/C12H27N3/c1-3-15(2)9-8-14-12-7-5-4-6-11(12)10-13/h11-12,14H,3-10,13H2,1-2H3. The molecule has 0 bridgehead atoms. The van der Waals surface area contributed by atoms with Crippen molar-refractivity contribution in [3.8, 4) is 0 Å². The van der Waals surface area contributed by atoms with E-state index in [0.717, 1.165) is 26.2 Å². The molecule has 1 aliphatic rings. The van der Waals surface area contributed by atoms with Crippen molar-refractivity contribution in [1.29, 1.82) is 0 Å². The van der Waals surface area contributed by atoms with Crippen molar-refractivity contribution < 1.29 is 0 Å². The van der Waals surface area contributed by atoms with Gasteiger partial charge in [-0.3, -0.25) is 0 Å². The zero-order valence-corrected chi connectivity index (χ0v) is 10.3.